The van der Waals surface area contributed by atoms with Gasteiger partial charge in [0.25, 0.3) is 0 Å². The van der Waals surface area contributed by atoms with Crippen molar-refractivity contribution in [1.29, 1.82) is 0 Å². The molecule has 0 amide bonds. The molecule has 0 unspecified atom stereocenters. The van der Waals surface area contributed by atoms with Crippen molar-refractivity contribution >= 4 is 40.1 Å². The normalized spacial score (nSPS) is 10.0. The Hall–Kier alpha value is 0.260. The van der Waals surface area contributed by atoms with Gasteiger partial charge in [0.15, 0.2) is 0 Å². The third kappa shape index (κ3) is 8.91. The topological polar surface area (TPSA) is 32.3 Å². The Labute approximate surface area is 122 Å². The Kier molecular flexibility index (Phi) is 11.5. The smallest absolute Gasteiger partial charge is 0.0438 e. The van der Waals surface area contributed by atoms with Gasteiger partial charge in [-0.05, 0) is 29.9 Å². The van der Waals surface area contributed by atoms with Crippen molar-refractivity contribution in [3.05, 3.63) is 34.3 Å². The molecular weight excluding hydrogens is 322 g/mol. The predicted octanol–water partition coefficient (Wildman–Crippen LogP) is 3.08. The van der Waals surface area contributed by atoms with Crippen molar-refractivity contribution in [3.8, 4) is 0 Å². The molecule has 0 aliphatic rings. The van der Waals surface area contributed by atoms with Gasteiger partial charge >= 0.3 is 0 Å². The lowest BCUT2D eigenvalue weighted by Gasteiger charge is -2.05. The second-order valence-corrected chi connectivity index (χ2v) is 5.64. The number of aliphatic hydroxyl groups is 1. The fourth-order valence-electron chi connectivity index (χ4n) is 1.29. The van der Waals surface area contributed by atoms with Crippen molar-refractivity contribution < 1.29 is 5.11 Å². The molecule has 98 valence electrons. The summed E-state index contributed by atoms with van der Waals surface area (Å²) in [5.74, 6) is 2.16. The third-order valence-corrected chi connectivity index (χ3v) is 3.65. The molecule has 0 aliphatic carbocycles. The van der Waals surface area contributed by atoms with E-state index >= 15 is 0 Å². The fourth-order valence-corrected chi connectivity index (χ4v) is 2.57. The van der Waals surface area contributed by atoms with Crippen LogP contribution in [-0.2, 0) is 6.54 Å². The van der Waals surface area contributed by atoms with Crippen molar-refractivity contribution in [2.75, 3.05) is 24.7 Å². The maximum Gasteiger partial charge on any atom is 0.0438 e. The SMILES string of the molecule is Cl.OCCCSCCNCc1cccc(Br)c1. The number of thioether (sulfide) groups is 1. The van der Waals surface area contributed by atoms with Crippen LogP contribution < -0.4 is 5.32 Å². The summed E-state index contributed by atoms with van der Waals surface area (Å²) in [4.78, 5) is 0. The van der Waals surface area contributed by atoms with Gasteiger partial charge in [0.05, 0.1) is 0 Å². The van der Waals surface area contributed by atoms with Crippen LogP contribution >= 0.6 is 40.1 Å². The van der Waals surface area contributed by atoms with Gasteiger partial charge in [0.1, 0.15) is 0 Å². The Bertz CT molecular complexity index is 302. The van der Waals surface area contributed by atoms with Crippen LogP contribution in [0.4, 0.5) is 0 Å². The highest BCUT2D eigenvalue weighted by atomic mass is 79.9. The first-order valence-corrected chi connectivity index (χ1v) is 7.41. The van der Waals surface area contributed by atoms with Crippen molar-refractivity contribution in [3.63, 3.8) is 0 Å². The van der Waals surface area contributed by atoms with E-state index in [1.807, 2.05) is 17.8 Å². The largest absolute Gasteiger partial charge is 0.396 e. The lowest BCUT2D eigenvalue weighted by molar-refractivity contribution is 0.296. The first-order chi connectivity index (χ1) is 7.83. The van der Waals surface area contributed by atoms with Crippen LogP contribution in [-0.4, -0.2) is 29.8 Å². The summed E-state index contributed by atoms with van der Waals surface area (Å²) in [7, 11) is 0. The molecule has 0 bridgehead atoms. The molecule has 1 aromatic rings. The monoisotopic (exact) mass is 339 g/mol. The summed E-state index contributed by atoms with van der Waals surface area (Å²) in [5, 5.41) is 12.0. The number of hydrogen-bond acceptors (Lipinski definition) is 3. The summed E-state index contributed by atoms with van der Waals surface area (Å²) in [6.07, 6.45) is 0.899. The van der Waals surface area contributed by atoms with Crippen LogP contribution in [0.25, 0.3) is 0 Å². The van der Waals surface area contributed by atoms with Gasteiger partial charge in [-0.15, -0.1) is 12.4 Å². The number of rotatable bonds is 8. The average Bonchev–Trinajstić information content (AvgIpc) is 2.28. The molecule has 0 spiro atoms. The fraction of sp³-hybridized carbons (Fsp3) is 0.500. The summed E-state index contributed by atoms with van der Waals surface area (Å²) >= 11 is 5.34. The van der Waals surface area contributed by atoms with E-state index in [0.717, 1.165) is 35.5 Å². The number of benzene rings is 1. The molecule has 1 rings (SSSR count). The molecule has 0 saturated carbocycles. The number of hydrogen-bond donors (Lipinski definition) is 2. The van der Waals surface area contributed by atoms with Gasteiger partial charge in [0.2, 0.25) is 0 Å². The van der Waals surface area contributed by atoms with Crippen LogP contribution in [0.2, 0.25) is 0 Å². The third-order valence-electron chi connectivity index (χ3n) is 2.09. The number of nitrogens with one attached hydrogen (secondary N) is 1. The molecule has 0 atom stereocenters. The highest BCUT2D eigenvalue weighted by Crippen LogP contribution is 2.11. The molecular formula is C12H19BrClNOS. The molecule has 2 N–H and O–H groups in total. The van der Waals surface area contributed by atoms with Gasteiger partial charge in [-0.1, -0.05) is 28.1 Å². The Morgan fingerprint density at radius 2 is 2.12 bits per heavy atom. The van der Waals surface area contributed by atoms with Crippen LogP contribution in [0, 0.1) is 0 Å². The van der Waals surface area contributed by atoms with Gasteiger partial charge in [-0.2, -0.15) is 11.8 Å². The molecule has 0 aromatic heterocycles. The van der Waals surface area contributed by atoms with E-state index in [-0.39, 0.29) is 12.4 Å². The van der Waals surface area contributed by atoms with Crippen LogP contribution in [0.3, 0.4) is 0 Å². The van der Waals surface area contributed by atoms with Gasteiger partial charge in [-0.25, -0.2) is 0 Å². The van der Waals surface area contributed by atoms with Crippen LogP contribution in [0.1, 0.15) is 12.0 Å². The number of aliphatic hydroxyl groups excluding tert-OH is 1. The predicted molar refractivity (Wildman–Crippen MR) is 82.1 cm³/mol. The zero-order chi connectivity index (χ0) is 11.6. The molecule has 17 heavy (non-hydrogen) atoms. The van der Waals surface area contributed by atoms with E-state index in [1.165, 1.54) is 5.56 Å². The van der Waals surface area contributed by atoms with E-state index in [4.69, 9.17) is 5.11 Å². The quantitative estimate of drug-likeness (QED) is 0.713. The maximum absolute atomic E-state index is 8.61. The lowest BCUT2D eigenvalue weighted by atomic mass is 10.2. The van der Waals surface area contributed by atoms with Crippen molar-refractivity contribution in [2.24, 2.45) is 0 Å². The Balaban J connectivity index is 0.00000256. The minimum absolute atomic E-state index is 0. The highest BCUT2D eigenvalue weighted by Gasteiger charge is 1.94. The van der Waals surface area contributed by atoms with Gasteiger partial charge < -0.3 is 10.4 Å². The van der Waals surface area contributed by atoms with Crippen molar-refractivity contribution in [2.45, 2.75) is 13.0 Å². The summed E-state index contributed by atoms with van der Waals surface area (Å²) in [5.41, 5.74) is 1.30. The molecule has 0 radical (unpaired) electrons. The minimum Gasteiger partial charge on any atom is -0.396 e. The summed E-state index contributed by atoms with van der Waals surface area (Å²) < 4.78 is 1.13. The maximum atomic E-state index is 8.61. The number of halogens is 2. The van der Waals surface area contributed by atoms with Gasteiger partial charge in [-0.3, -0.25) is 0 Å². The van der Waals surface area contributed by atoms with E-state index < -0.39 is 0 Å². The Morgan fingerprint density at radius 3 is 2.82 bits per heavy atom. The molecule has 1 aromatic carbocycles. The lowest BCUT2D eigenvalue weighted by Crippen LogP contribution is -2.16. The highest BCUT2D eigenvalue weighted by molar-refractivity contribution is 9.10. The van der Waals surface area contributed by atoms with E-state index in [1.54, 1.807) is 0 Å². The van der Waals surface area contributed by atoms with E-state index in [0.29, 0.717) is 6.61 Å². The molecule has 5 heteroatoms. The van der Waals surface area contributed by atoms with Crippen LogP contribution in [0.5, 0.6) is 0 Å². The molecule has 0 saturated heterocycles. The minimum atomic E-state index is 0. The zero-order valence-electron chi connectivity index (χ0n) is 9.69. The molecule has 2 nitrogen and oxygen atoms in total. The molecule has 0 aliphatic heterocycles. The first-order valence-electron chi connectivity index (χ1n) is 5.46. The van der Waals surface area contributed by atoms with Crippen molar-refractivity contribution in [1.82, 2.24) is 5.32 Å². The summed E-state index contributed by atoms with van der Waals surface area (Å²) in [6, 6.07) is 8.34. The second-order valence-electron chi connectivity index (χ2n) is 3.50. The standard InChI is InChI=1S/C12H18BrNOS.ClH/c13-12-4-1-3-11(9-12)10-14-5-8-16-7-2-6-15;/h1,3-4,9,14-15H,2,5-8,10H2;1H. The van der Waals surface area contributed by atoms with Gasteiger partial charge in [0, 0.05) is 29.9 Å². The summed E-state index contributed by atoms with van der Waals surface area (Å²) in [6.45, 7) is 2.24. The average molecular weight is 341 g/mol. The molecule has 0 heterocycles. The van der Waals surface area contributed by atoms with E-state index in [9.17, 15) is 0 Å². The Morgan fingerprint density at radius 1 is 1.29 bits per heavy atom. The molecule has 0 fully saturated rings. The van der Waals surface area contributed by atoms with E-state index in [2.05, 4.69) is 39.4 Å². The second kappa shape index (κ2) is 11.4. The first kappa shape index (κ1) is 17.3. The zero-order valence-corrected chi connectivity index (χ0v) is 12.9. The van der Waals surface area contributed by atoms with Crippen LogP contribution in [0.15, 0.2) is 28.7 Å².